The zero-order chi connectivity index (χ0) is 14.8. The van der Waals surface area contributed by atoms with Crippen LogP contribution >= 0.6 is 11.3 Å². The molecule has 1 aliphatic carbocycles. The molecule has 1 aromatic heterocycles. The second-order valence-electron chi connectivity index (χ2n) is 6.07. The molecule has 1 saturated carbocycles. The molecular weight excluding hydrogens is 292 g/mol. The van der Waals surface area contributed by atoms with E-state index in [1.165, 1.54) is 30.6 Å². The molecule has 0 atom stereocenters. The van der Waals surface area contributed by atoms with Crippen molar-refractivity contribution in [1.82, 2.24) is 4.72 Å². The molecule has 0 saturated heterocycles. The maximum absolute atomic E-state index is 12.5. The number of sulfonamides is 1. The molecular formula is C14H24N2O2S2. The first-order valence-electron chi connectivity index (χ1n) is 7.15. The lowest BCUT2D eigenvalue weighted by atomic mass is 9.76. The highest BCUT2D eigenvalue weighted by Gasteiger charge is 2.30. The van der Waals surface area contributed by atoms with Gasteiger partial charge in [-0.25, -0.2) is 13.1 Å². The van der Waals surface area contributed by atoms with Crippen LogP contribution in [-0.2, 0) is 16.6 Å². The highest BCUT2D eigenvalue weighted by atomic mass is 32.2. The average Bonchev–Trinajstić information content (AvgIpc) is 2.80. The average molecular weight is 316 g/mol. The summed E-state index contributed by atoms with van der Waals surface area (Å²) in [6.07, 6.45) is 5.86. The van der Waals surface area contributed by atoms with Crippen LogP contribution < -0.4 is 10.5 Å². The van der Waals surface area contributed by atoms with Crippen molar-refractivity contribution >= 4 is 21.4 Å². The Hall–Kier alpha value is -0.430. The molecule has 0 aliphatic heterocycles. The fraction of sp³-hybridized carbons (Fsp3) is 0.714. The highest BCUT2D eigenvalue weighted by Crippen LogP contribution is 2.35. The van der Waals surface area contributed by atoms with Crippen molar-refractivity contribution < 1.29 is 8.42 Å². The van der Waals surface area contributed by atoms with Gasteiger partial charge in [0, 0.05) is 18.0 Å². The minimum Gasteiger partial charge on any atom is -0.326 e. The van der Waals surface area contributed by atoms with Gasteiger partial charge in [0.2, 0.25) is 10.0 Å². The monoisotopic (exact) mass is 316 g/mol. The molecule has 0 amide bonds. The van der Waals surface area contributed by atoms with Gasteiger partial charge in [-0.05, 0) is 36.1 Å². The molecule has 114 valence electrons. The quantitative estimate of drug-likeness (QED) is 0.877. The molecule has 20 heavy (non-hydrogen) atoms. The van der Waals surface area contributed by atoms with E-state index in [-0.39, 0.29) is 12.0 Å². The molecule has 0 radical (unpaired) electrons. The Morgan fingerprint density at radius 2 is 2.00 bits per heavy atom. The van der Waals surface area contributed by atoms with Gasteiger partial charge >= 0.3 is 0 Å². The van der Waals surface area contributed by atoms with Crippen molar-refractivity contribution in [1.29, 1.82) is 0 Å². The van der Waals surface area contributed by atoms with E-state index >= 15 is 0 Å². The third-order valence-electron chi connectivity index (χ3n) is 4.19. The van der Waals surface area contributed by atoms with Gasteiger partial charge in [0.1, 0.15) is 4.90 Å². The first kappa shape index (κ1) is 15.9. The highest BCUT2D eigenvalue weighted by molar-refractivity contribution is 7.89. The Bertz CT molecular complexity index is 558. The van der Waals surface area contributed by atoms with E-state index in [0.717, 1.165) is 23.3 Å². The van der Waals surface area contributed by atoms with Crippen LogP contribution in [0.1, 0.15) is 49.5 Å². The summed E-state index contributed by atoms with van der Waals surface area (Å²) < 4.78 is 27.8. The number of hydrogen-bond donors (Lipinski definition) is 2. The number of nitrogens with one attached hydrogen (secondary N) is 1. The predicted octanol–water partition coefficient (Wildman–Crippen LogP) is 2.76. The number of rotatable bonds is 5. The van der Waals surface area contributed by atoms with Gasteiger partial charge in [0.05, 0.1) is 0 Å². The molecule has 4 nitrogen and oxygen atoms in total. The second-order valence-corrected chi connectivity index (χ2v) is 8.74. The zero-order valence-corrected chi connectivity index (χ0v) is 13.9. The van der Waals surface area contributed by atoms with Crippen LogP contribution in [0.4, 0.5) is 0 Å². The van der Waals surface area contributed by atoms with Gasteiger partial charge in [-0.15, -0.1) is 11.3 Å². The van der Waals surface area contributed by atoms with E-state index in [4.69, 9.17) is 5.73 Å². The molecule has 0 aromatic carbocycles. The van der Waals surface area contributed by atoms with E-state index < -0.39 is 10.0 Å². The van der Waals surface area contributed by atoms with E-state index in [1.807, 2.05) is 12.3 Å². The summed E-state index contributed by atoms with van der Waals surface area (Å²) in [4.78, 5) is 1.13. The second kappa shape index (κ2) is 6.13. The van der Waals surface area contributed by atoms with Crippen molar-refractivity contribution in [2.24, 2.45) is 11.1 Å². The van der Waals surface area contributed by atoms with Gasteiger partial charge in [-0.3, -0.25) is 0 Å². The Morgan fingerprint density at radius 3 is 2.60 bits per heavy atom. The number of thiophene rings is 1. The Labute approximate surface area is 125 Å². The fourth-order valence-electron chi connectivity index (χ4n) is 2.91. The Morgan fingerprint density at radius 1 is 1.35 bits per heavy atom. The molecule has 0 unspecified atom stereocenters. The SMILES string of the molecule is Cc1csc(CN)c1S(=O)(=O)NCC1(C)CCCCC1. The Balaban J connectivity index is 2.13. The smallest absolute Gasteiger partial charge is 0.242 e. The molecule has 2 rings (SSSR count). The van der Waals surface area contributed by atoms with Crippen LogP contribution in [0.25, 0.3) is 0 Å². The first-order valence-corrected chi connectivity index (χ1v) is 9.51. The predicted molar refractivity (Wildman–Crippen MR) is 83.3 cm³/mol. The standard InChI is InChI=1S/C14H24N2O2S2/c1-11-9-19-12(8-15)13(11)20(17,18)16-10-14(2)6-4-3-5-7-14/h9,16H,3-8,10,15H2,1-2H3. The lowest BCUT2D eigenvalue weighted by Crippen LogP contribution is -2.37. The van der Waals surface area contributed by atoms with Crippen LogP contribution in [0.5, 0.6) is 0 Å². The van der Waals surface area contributed by atoms with Gasteiger partial charge in [0.15, 0.2) is 0 Å². The molecule has 6 heteroatoms. The summed E-state index contributed by atoms with van der Waals surface area (Å²) >= 11 is 1.42. The van der Waals surface area contributed by atoms with Crippen molar-refractivity contribution in [2.45, 2.75) is 57.4 Å². The van der Waals surface area contributed by atoms with Crippen LogP contribution in [0, 0.1) is 12.3 Å². The van der Waals surface area contributed by atoms with Gasteiger partial charge in [-0.1, -0.05) is 26.2 Å². The van der Waals surface area contributed by atoms with Gasteiger partial charge in [-0.2, -0.15) is 0 Å². The van der Waals surface area contributed by atoms with E-state index in [1.54, 1.807) is 0 Å². The fourth-order valence-corrected chi connectivity index (χ4v) is 5.81. The van der Waals surface area contributed by atoms with Gasteiger partial charge in [0.25, 0.3) is 0 Å². The summed E-state index contributed by atoms with van der Waals surface area (Å²) in [5.41, 5.74) is 6.53. The van der Waals surface area contributed by atoms with Crippen LogP contribution in [0.3, 0.4) is 0 Å². The first-order chi connectivity index (χ1) is 9.38. The van der Waals surface area contributed by atoms with Crippen LogP contribution in [0.2, 0.25) is 0 Å². The number of hydrogen-bond acceptors (Lipinski definition) is 4. The third-order valence-corrected chi connectivity index (χ3v) is 7.08. The van der Waals surface area contributed by atoms with Crippen molar-refractivity contribution in [2.75, 3.05) is 6.54 Å². The van der Waals surface area contributed by atoms with Crippen molar-refractivity contribution in [3.05, 3.63) is 15.8 Å². The summed E-state index contributed by atoms with van der Waals surface area (Å²) in [6.45, 7) is 4.80. The lowest BCUT2D eigenvalue weighted by molar-refractivity contribution is 0.219. The lowest BCUT2D eigenvalue weighted by Gasteiger charge is -2.33. The topological polar surface area (TPSA) is 72.2 Å². The maximum Gasteiger partial charge on any atom is 0.242 e. The molecule has 1 aliphatic rings. The minimum atomic E-state index is -3.45. The maximum atomic E-state index is 12.5. The van der Waals surface area contributed by atoms with Crippen LogP contribution in [-0.4, -0.2) is 15.0 Å². The molecule has 1 aromatic rings. The van der Waals surface area contributed by atoms with Gasteiger partial charge < -0.3 is 5.73 Å². The van der Waals surface area contributed by atoms with E-state index in [9.17, 15) is 8.42 Å². The van der Waals surface area contributed by atoms with Crippen molar-refractivity contribution in [3.8, 4) is 0 Å². The van der Waals surface area contributed by atoms with Crippen LogP contribution in [0.15, 0.2) is 10.3 Å². The Kier molecular flexibility index (Phi) is 4.89. The normalized spacial score (nSPS) is 19.1. The summed E-state index contributed by atoms with van der Waals surface area (Å²) in [5.74, 6) is 0. The largest absolute Gasteiger partial charge is 0.326 e. The zero-order valence-electron chi connectivity index (χ0n) is 12.2. The van der Waals surface area contributed by atoms with Crippen molar-refractivity contribution in [3.63, 3.8) is 0 Å². The summed E-state index contributed by atoms with van der Waals surface area (Å²) in [6, 6.07) is 0. The molecule has 1 heterocycles. The molecule has 0 bridgehead atoms. The molecule has 0 spiro atoms. The number of nitrogens with two attached hydrogens (primary N) is 1. The van der Waals surface area contributed by atoms with E-state index in [0.29, 0.717) is 11.4 Å². The summed E-state index contributed by atoms with van der Waals surface area (Å²) in [7, 11) is -3.45. The summed E-state index contributed by atoms with van der Waals surface area (Å²) in [5, 5.41) is 1.86. The number of aryl methyl sites for hydroxylation is 1. The molecule has 1 fully saturated rings. The van der Waals surface area contributed by atoms with E-state index in [2.05, 4.69) is 11.6 Å². The third kappa shape index (κ3) is 3.42. The molecule has 3 N–H and O–H groups in total. The minimum absolute atomic E-state index is 0.0954.